The summed E-state index contributed by atoms with van der Waals surface area (Å²) in [7, 11) is 1.23. The number of methoxy groups -OCH3 is 1. The number of halogens is 3. The molecule has 1 amide bonds. The first-order chi connectivity index (χ1) is 12.4. The van der Waals surface area contributed by atoms with Gasteiger partial charge in [0.2, 0.25) is 0 Å². The molecule has 0 radical (unpaired) electrons. The van der Waals surface area contributed by atoms with Gasteiger partial charge in [0.05, 0.1) is 22.7 Å². The van der Waals surface area contributed by atoms with E-state index in [0.29, 0.717) is 0 Å². The Morgan fingerprint density at radius 1 is 1.23 bits per heavy atom. The van der Waals surface area contributed by atoms with E-state index in [1.54, 1.807) is 18.2 Å². The number of hydrogen-bond donors (Lipinski definition) is 1. The van der Waals surface area contributed by atoms with Crippen molar-refractivity contribution in [1.29, 1.82) is 0 Å². The minimum atomic E-state index is -2.68. The van der Waals surface area contributed by atoms with Crippen LogP contribution in [0.4, 0.5) is 14.5 Å². The molecule has 0 unspecified atom stereocenters. The molecule has 1 N–H and O–H groups in total. The van der Waals surface area contributed by atoms with Crippen LogP contribution in [-0.4, -0.2) is 31.4 Å². The number of nitrogens with one attached hydrogen (secondary N) is 1. The van der Waals surface area contributed by atoms with Gasteiger partial charge in [-0.3, -0.25) is 4.79 Å². The number of rotatable bonds is 7. The quantitative estimate of drug-likeness (QED) is 0.548. The maximum atomic E-state index is 12.7. The van der Waals surface area contributed by atoms with Crippen LogP contribution >= 0.6 is 23.4 Å². The van der Waals surface area contributed by atoms with Crippen LogP contribution in [0.5, 0.6) is 5.75 Å². The third-order valence-corrected chi connectivity index (χ3v) is 4.38. The monoisotopic (exact) mass is 401 g/mol. The molecule has 0 fully saturated rings. The van der Waals surface area contributed by atoms with Gasteiger partial charge in [-0.15, -0.1) is 0 Å². The molecule has 9 heteroatoms. The number of hydrogen-bond acceptors (Lipinski definition) is 5. The predicted molar refractivity (Wildman–Crippen MR) is 95.2 cm³/mol. The first kappa shape index (κ1) is 20.0. The van der Waals surface area contributed by atoms with E-state index in [-0.39, 0.29) is 45.3 Å². The van der Waals surface area contributed by atoms with E-state index in [9.17, 15) is 18.4 Å². The van der Waals surface area contributed by atoms with Gasteiger partial charge >= 0.3 is 5.97 Å². The van der Waals surface area contributed by atoms with E-state index in [0.717, 1.165) is 0 Å². The largest absolute Gasteiger partial charge is 0.482 e. The van der Waals surface area contributed by atoms with E-state index in [1.165, 1.54) is 31.4 Å². The number of carbonyl (C=O) groups is 2. The number of benzene rings is 2. The van der Waals surface area contributed by atoms with E-state index < -0.39 is 17.6 Å². The number of thioether (sulfide) groups is 1. The van der Waals surface area contributed by atoms with Crippen molar-refractivity contribution < 1.29 is 27.8 Å². The summed E-state index contributed by atoms with van der Waals surface area (Å²) in [5.74, 6) is -3.49. The zero-order valence-corrected chi connectivity index (χ0v) is 15.1. The summed E-state index contributed by atoms with van der Waals surface area (Å²) >= 11 is 6.19. The second kappa shape index (κ2) is 9.40. The van der Waals surface area contributed by atoms with Crippen molar-refractivity contribution in [3.8, 4) is 5.75 Å². The van der Waals surface area contributed by atoms with E-state index in [2.05, 4.69) is 10.1 Å². The third-order valence-electron chi connectivity index (χ3n) is 3.10. The molecule has 0 spiro atoms. The molecule has 0 heterocycles. The average Bonchev–Trinajstić information content (AvgIpc) is 2.62. The lowest BCUT2D eigenvalue weighted by atomic mass is 10.2. The van der Waals surface area contributed by atoms with Gasteiger partial charge in [0.1, 0.15) is 5.75 Å². The van der Waals surface area contributed by atoms with Crippen molar-refractivity contribution in [3.63, 3.8) is 0 Å². The van der Waals surface area contributed by atoms with E-state index >= 15 is 0 Å². The van der Waals surface area contributed by atoms with Crippen molar-refractivity contribution in [2.45, 2.75) is 10.7 Å². The first-order valence-electron chi connectivity index (χ1n) is 7.25. The second-order valence-electron chi connectivity index (χ2n) is 4.84. The van der Waals surface area contributed by atoms with Gasteiger partial charge in [-0.2, -0.15) is 8.78 Å². The minimum Gasteiger partial charge on any atom is -0.482 e. The van der Waals surface area contributed by atoms with Gasteiger partial charge in [0.25, 0.3) is 11.7 Å². The maximum Gasteiger partial charge on any atom is 0.343 e. The summed E-state index contributed by atoms with van der Waals surface area (Å²) in [6.45, 7) is -0.301. The lowest BCUT2D eigenvalue weighted by Gasteiger charge is -2.12. The smallest absolute Gasteiger partial charge is 0.343 e. The fourth-order valence-electron chi connectivity index (χ4n) is 1.94. The van der Waals surface area contributed by atoms with Gasteiger partial charge in [-0.25, -0.2) is 4.79 Å². The zero-order valence-electron chi connectivity index (χ0n) is 13.5. The molecule has 0 atom stereocenters. The second-order valence-corrected chi connectivity index (χ2v) is 6.25. The van der Waals surface area contributed by atoms with Crippen LogP contribution < -0.4 is 10.1 Å². The van der Waals surface area contributed by atoms with Gasteiger partial charge in [0.15, 0.2) is 6.61 Å². The van der Waals surface area contributed by atoms with Crippen LogP contribution in [0.2, 0.25) is 5.02 Å². The molecule has 0 aliphatic rings. The number of alkyl halides is 2. The highest BCUT2D eigenvalue weighted by Gasteiger charge is 2.16. The summed E-state index contributed by atoms with van der Waals surface area (Å²) in [5.41, 5.74) is 0.397. The summed E-state index contributed by atoms with van der Waals surface area (Å²) in [6.07, 6.45) is 0. The Bertz CT molecular complexity index is 804. The average molecular weight is 402 g/mol. The lowest BCUT2D eigenvalue weighted by Crippen LogP contribution is -2.14. The molecule has 5 nitrogen and oxygen atoms in total. The predicted octanol–water partition coefficient (Wildman–Crippen LogP) is 4.46. The normalized spacial score (nSPS) is 10.5. The molecule has 0 bridgehead atoms. The molecule has 2 rings (SSSR count). The summed E-state index contributed by atoms with van der Waals surface area (Å²) in [4.78, 5) is 23.6. The Kier molecular flexibility index (Phi) is 7.23. The molecule has 0 saturated heterocycles. The van der Waals surface area contributed by atoms with Crippen LogP contribution in [0, 0.1) is 0 Å². The fourth-order valence-corrected chi connectivity index (χ4v) is 2.85. The minimum absolute atomic E-state index is 0.0793. The molecular formula is C17H14ClF2NO4S. The summed E-state index contributed by atoms with van der Waals surface area (Å²) in [6, 6.07) is 10.6. The highest BCUT2D eigenvalue weighted by Crippen LogP contribution is 2.37. The van der Waals surface area contributed by atoms with Crippen molar-refractivity contribution in [2.75, 3.05) is 19.0 Å². The third kappa shape index (κ3) is 5.60. The van der Waals surface area contributed by atoms with Gasteiger partial charge in [-0.1, -0.05) is 35.5 Å². The number of ether oxygens (including phenoxy) is 2. The molecule has 0 saturated carbocycles. The van der Waals surface area contributed by atoms with Crippen molar-refractivity contribution in [1.82, 2.24) is 0 Å². The molecule has 2 aromatic rings. The first-order valence-corrected chi connectivity index (χ1v) is 8.51. The number of carbonyl (C=O) groups excluding carboxylic acids is 2. The van der Waals surface area contributed by atoms with E-state index in [1.807, 2.05) is 0 Å². The highest BCUT2D eigenvalue weighted by atomic mass is 35.5. The van der Waals surface area contributed by atoms with Crippen LogP contribution in [0.25, 0.3) is 0 Å². The maximum absolute atomic E-state index is 12.7. The molecule has 0 aliphatic heterocycles. The van der Waals surface area contributed by atoms with Crippen molar-refractivity contribution in [2.24, 2.45) is 0 Å². The lowest BCUT2D eigenvalue weighted by molar-refractivity contribution is -0.142. The standard InChI is InChI=1S/C17H14ClF2NO4S/c1-24-14(22)9-25-11-5-2-4-10(8-11)16(23)21-13-7-3-6-12(18)15(13)26-17(19)20/h2-8,17H,9H2,1H3,(H,21,23). The molecule has 0 aliphatic carbocycles. The van der Waals surface area contributed by atoms with Crippen LogP contribution in [0.1, 0.15) is 10.4 Å². The summed E-state index contributed by atoms with van der Waals surface area (Å²) < 4.78 is 35.1. The van der Waals surface area contributed by atoms with Crippen LogP contribution in [0.3, 0.4) is 0 Å². The zero-order chi connectivity index (χ0) is 19.1. The number of esters is 1. The highest BCUT2D eigenvalue weighted by molar-refractivity contribution is 7.99. The topological polar surface area (TPSA) is 64.6 Å². The van der Waals surface area contributed by atoms with E-state index in [4.69, 9.17) is 16.3 Å². The van der Waals surface area contributed by atoms with Crippen LogP contribution in [0.15, 0.2) is 47.4 Å². The number of amides is 1. The molecule has 138 valence electrons. The van der Waals surface area contributed by atoms with Crippen LogP contribution in [-0.2, 0) is 9.53 Å². The van der Waals surface area contributed by atoms with Crippen molar-refractivity contribution in [3.05, 3.63) is 53.1 Å². The SMILES string of the molecule is COC(=O)COc1cccc(C(=O)Nc2cccc(Cl)c2SC(F)F)c1. The Labute approximate surface area is 157 Å². The van der Waals surface area contributed by atoms with Gasteiger partial charge in [-0.05, 0) is 30.3 Å². The molecule has 2 aromatic carbocycles. The van der Waals surface area contributed by atoms with Gasteiger partial charge in [0, 0.05) is 5.56 Å². The Morgan fingerprint density at radius 2 is 1.96 bits per heavy atom. The summed E-state index contributed by atoms with van der Waals surface area (Å²) in [5, 5.41) is 2.67. The van der Waals surface area contributed by atoms with Gasteiger partial charge < -0.3 is 14.8 Å². The molecule has 26 heavy (non-hydrogen) atoms. The Balaban J connectivity index is 2.15. The molecule has 0 aromatic heterocycles. The Hall–Kier alpha value is -2.32. The van der Waals surface area contributed by atoms with Crippen molar-refractivity contribution >= 4 is 40.9 Å². The Morgan fingerprint density at radius 3 is 2.65 bits per heavy atom. The fraction of sp³-hybridized carbons (Fsp3) is 0.176. The molecular weight excluding hydrogens is 388 g/mol. The number of anilines is 1.